The van der Waals surface area contributed by atoms with Crippen molar-refractivity contribution < 1.29 is 24.0 Å². The van der Waals surface area contributed by atoms with Gasteiger partial charge >= 0.3 is 5.97 Å². The zero-order chi connectivity index (χ0) is 22.9. The maximum Gasteiger partial charge on any atom is 0.343 e. The van der Waals surface area contributed by atoms with Crippen molar-refractivity contribution in [1.29, 1.82) is 0 Å². The van der Waals surface area contributed by atoms with Crippen molar-refractivity contribution in [3.05, 3.63) is 99.6 Å². The molecule has 0 radical (unpaired) electrons. The van der Waals surface area contributed by atoms with Crippen LogP contribution in [0.2, 0.25) is 0 Å². The minimum Gasteiger partial charge on any atom is -0.484 e. The summed E-state index contributed by atoms with van der Waals surface area (Å²) in [4.78, 5) is 34.1. The van der Waals surface area contributed by atoms with Crippen molar-refractivity contribution in [2.45, 2.75) is 6.92 Å². The SMILES string of the molecule is Cc1cccc(OCC(=O)N/N=C\c2ccc(OC(=O)c3ccc([N+](=O)[O-])cc3)cc2)c1. The number of nitro groups is 1. The molecule has 162 valence electrons. The van der Waals surface area contributed by atoms with Gasteiger partial charge in [-0.15, -0.1) is 0 Å². The van der Waals surface area contributed by atoms with Crippen molar-refractivity contribution in [2.24, 2.45) is 5.10 Å². The number of non-ortho nitro benzene ring substituents is 1. The molecule has 0 unspecified atom stereocenters. The Balaban J connectivity index is 1.47. The molecule has 1 amide bonds. The number of hydrogen-bond donors (Lipinski definition) is 1. The molecule has 0 atom stereocenters. The fourth-order valence-corrected chi connectivity index (χ4v) is 2.57. The van der Waals surface area contributed by atoms with Crippen LogP contribution in [0.3, 0.4) is 0 Å². The molecule has 0 saturated heterocycles. The number of carbonyl (C=O) groups is 2. The van der Waals surface area contributed by atoms with Gasteiger partial charge in [0.05, 0.1) is 16.7 Å². The molecule has 32 heavy (non-hydrogen) atoms. The minimum atomic E-state index is -0.637. The van der Waals surface area contributed by atoms with Crippen LogP contribution in [0.4, 0.5) is 5.69 Å². The molecule has 0 aliphatic rings. The van der Waals surface area contributed by atoms with E-state index in [1.807, 2.05) is 25.1 Å². The highest BCUT2D eigenvalue weighted by Crippen LogP contribution is 2.16. The summed E-state index contributed by atoms with van der Waals surface area (Å²) in [6.07, 6.45) is 1.44. The highest BCUT2D eigenvalue weighted by molar-refractivity contribution is 5.91. The zero-order valence-corrected chi connectivity index (χ0v) is 17.1. The largest absolute Gasteiger partial charge is 0.484 e. The number of nitrogens with zero attached hydrogens (tertiary/aromatic N) is 2. The number of benzene rings is 3. The van der Waals surface area contributed by atoms with Crippen molar-refractivity contribution >= 4 is 23.8 Å². The molecule has 0 heterocycles. The number of hydrazone groups is 1. The minimum absolute atomic E-state index is 0.112. The first-order valence-electron chi connectivity index (χ1n) is 9.49. The van der Waals surface area contributed by atoms with Crippen molar-refractivity contribution in [2.75, 3.05) is 6.61 Å². The van der Waals surface area contributed by atoms with Crippen LogP contribution in [0.25, 0.3) is 0 Å². The van der Waals surface area contributed by atoms with E-state index in [2.05, 4.69) is 10.5 Å². The number of ether oxygens (including phenoxy) is 2. The van der Waals surface area contributed by atoms with E-state index in [4.69, 9.17) is 9.47 Å². The molecule has 0 aromatic heterocycles. The van der Waals surface area contributed by atoms with E-state index in [9.17, 15) is 19.7 Å². The van der Waals surface area contributed by atoms with Gasteiger partial charge in [-0.3, -0.25) is 14.9 Å². The van der Waals surface area contributed by atoms with E-state index >= 15 is 0 Å². The monoisotopic (exact) mass is 433 g/mol. The number of aryl methyl sites for hydroxylation is 1. The molecular formula is C23H19N3O6. The third-order valence-electron chi connectivity index (χ3n) is 4.17. The molecule has 0 bridgehead atoms. The summed E-state index contributed by atoms with van der Waals surface area (Å²) in [6.45, 7) is 1.76. The predicted molar refractivity (Wildman–Crippen MR) is 117 cm³/mol. The topological polar surface area (TPSA) is 120 Å². The van der Waals surface area contributed by atoms with Gasteiger partial charge in [-0.05, 0) is 66.6 Å². The fourth-order valence-electron chi connectivity index (χ4n) is 2.57. The van der Waals surface area contributed by atoms with Crippen LogP contribution < -0.4 is 14.9 Å². The van der Waals surface area contributed by atoms with Gasteiger partial charge in [0.2, 0.25) is 0 Å². The van der Waals surface area contributed by atoms with Crippen LogP contribution in [-0.4, -0.2) is 29.6 Å². The predicted octanol–water partition coefficient (Wildman–Crippen LogP) is 3.65. The first-order valence-corrected chi connectivity index (χ1v) is 9.49. The Hall–Kier alpha value is -4.53. The van der Waals surface area contributed by atoms with E-state index < -0.39 is 16.8 Å². The number of nitro benzene ring substituents is 1. The van der Waals surface area contributed by atoms with Gasteiger partial charge in [0.25, 0.3) is 11.6 Å². The Morgan fingerprint density at radius 3 is 2.41 bits per heavy atom. The third kappa shape index (κ3) is 6.49. The lowest BCUT2D eigenvalue weighted by molar-refractivity contribution is -0.384. The third-order valence-corrected chi connectivity index (χ3v) is 4.17. The van der Waals surface area contributed by atoms with Gasteiger partial charge in [-0.1, -0.05) is 12.1 Å². The second-order valence-electron chi connectivity index (χ2n) is 6.66. The van der Waals surface area contributed by atoms with Crippen LogP contribution >= 0.6 is 0 Å². The van der Waals surface area contributed by atoms with Gasteiger partial charge in [0.1, 0.15) is 11.5 Å². The highest BCUT2D eigenvalue weighted by atomic mass is 16.6. The molecule has 0 fully saturated rings. The molecule has 3 rings (SSSR count). The molecule has 3 aromatic carbocycles. The number of carbonyl (C=O) groups excluding carboxylic acids is 2. The fraction of sp³-hybridized carbons (Fsp3) is 0.0870. The van der Waals surface area contributed by atoms with E-state index in [0.29, 0.717) is 17.1 Å². The Morgan fingerprint density at radius 1 is 1.03 bits per heavy atom. The molecule has 0 spiro atoms. The van der Waals surface area contributed by atoms with Crippen LogP contribution in [0.15, 0.2) is 77.9 Å². The average molecular weight is 433 g/mol. The van der Waals surface area contributed by atoms with Gasteiger partial charge in [-0.2, -0.15) is 5.10 Å². The second-order valence-corrected chi connectivity index (χ2v) is 6.66. The maximum absolute atomic E-state index is 12.1. The molecule has 0 aliphatic heterocycles. The van der Waals surface area contributed by atoms with Gasteiger partial charge in [-0.25, -0.2) is 10.2 Å². The first-order chi connectivity index (χ1) is 15.4. The molecule has 3 aromatic rings. The summed E-state index contributed by atoms with van der Waals surface area (Å²) in [7, 11) is 0. The highest BCUT2D eigenvalue weighted by Gasteiger charge is 2.11. The van der Waals surface area contributed by atoms with Crippen molar-refractivity contribution in [3.8, 4) is 11.5 Å². The average Bonchev–Trinajstić information content (AvgIpc) is 2.79. The first kappa shape index (κ1) is 22.2. The molecule has 9 heteroatoms. The van der Waals surface area contributed by atoms with E-state index in [0.717, 1.165) is 5.56 Å². The Bertz CT molecular complexity index is 1140. The smallest absolute Gasteiger partial charge is 0.343 e. The Kier molecular flexibility index (Phi) is 7.26. The number of amides is 1. The van der Waals surface area contributed by atoms with Crippen LogP contribution in [-0.2, 0) is 4.79 Å². The molecule has 9 nitrogen and oxygen atoms in total. The van der Waals surface area contributed by atoms with E-state index in [1.54, 1.807) is 30.3 Å². The van der Waals surface area contributed by atoms with E-state index in [1.165, 1.54) is 30.5 Å². The summed E-state index contributed by atoms with van der Waals surface area (Å²) in [5.74, 6) is -0.150. The lowest BCUT2D eigenvalue weighted by Crippen LogP contribution is -2.24. The summed E-state index contributed by atoms with van der Waals surface area (Å²) in [5.41, 5.74) is 4.15. The summed E-state index contributed by atoms with van der Waals surface area (Å²) >= 11 is 0. The van der Waals surface area contributed by atoms with E-state index in [-0.39, 0.29) is 17.9 Å². The quantitative estimate of drug-likeness (QED) is 0.190. The van der Waals surface area contributed by atoms with Gasteiger partial charge < -0.3 is 9.47 Å². The normalized spacial score (nSPS) is 10.5. The Morgan fingerprint density at radius 2 is 1.75 bits per heavy atom. The van der Waals surface area contributed by atoms with Gasteiger partial charge in [0, 0.05) is 12.1 Å². The Labute approximate surface area is 183 Å². The number of hydrogen-bond acceptors (Lipinski definition) is 7. The standard InChI is InChI=1S/C23H19N3O6/c1-16-3-2-4-21(13-16)31-15-22(27)25-24-14-17-5-11-20(12-6-17)32-23(28)18-7-9-19(10-8-18)26(29)30/h2-14H,15H2,1H3,(H,25,27)/b24-14-. The summed E-state index contributed by atoms with van der Waals surface area (Å²) in [6, 6.07) is 18.9. The molecule has 0 saturated carbocycles. The lowest BCUT2D eigenvalue weighted by Gasteiger charge is -2.05. The van der Waals surface area contributed by atoms with Crippen LogP contribution in [0.1, 0.15) is 21.5 Å². The van der Waals surface area contributed by atoms with Crippen molar-refractivity contribution in [3.63, 3.8) is 0 Å². The molecular weight excluding hydrogens is 414 g/mol. The zero-order valence-electron chi connectivity index (χ0n) is 17.1. The summed E-state index contributed by atoms with van der Waals surface area (Å²) in [5, 5.41) is 14.5. The second kappa shape index (κ2) is 10.5. The maximum atomic E-state index is 12.1. The molecule has 0 aliphatic carbocycles. The number of rotatable bonds is 8. The number of esters is 1. The summed E-state index contributed by atoms with van der Waals surface area (Å²) < 4.78 is 10.6. The van der Waals surface area contributed by atoms with Gasteiger partial charge in [0.15, 0.2) is 6.61 Å². The van der Waals surface area contributed by atoms with Crippen LogP contribution in [0, 0.1) is 17.0 Å². The number of nitrogens with one attached hydrogen (secondary N) is 1. The lowest BCUT2D eigenvalue weighted by atomic mass is 10.2. The van der Waals surface area contributed by atoms with Crippen molar-refractivity contribution in [1.82, 2.24) is 5.43 Å². The molecule has 1 N–H and O–H groups in total. The van der Waals surface area contributed by atoms with Crippen LogP contribution in [0.5, 0.6) is 11.5 Å².